The van der Waals surface area contributed by atoms with Gasteiger partial charge in [0.1, 0.15) is 6.10 Å². The molecule has 24 heavy (non-hydrogen) atoms. The van der Waals surface area contributed by atoms with Crippen LogP contribution in [-0.2, 0) is 9.53 Å². The van der Waals surface area contributed by atoms with Gasteiger partial charge in [0.2, 0.25) is 5.16 Å². The third kappa shape index (κ3) is 3.46. The van der Waals surface area contributed by atoms with Crippen molar-refractivity contribution in [1.29, 1.82) is 0 Å². The minimum absolute atomic E-state index is 0.103. The van der Waals surface area contributed by atoms with Gasteiger partial charge in [-0.1, -0.05) is 23.9 Å². The summed E-state index contributed by atoms with van der Waals surface area (Å²) in [6.07, 6.45) is 2.34. The first-order valence-electron chi connectivity index (χ1n) is 7.19. The van der Waals surface area contributed by atoms with Gasteiger partial charge in [0.15, 0.2) is 11.6 Å². The van der Waals surface area contributed by atoms with Gasteiger partial charge in [0, 0.05) is 28.1 Å². The second-order valence-corrected chi connectivity index (χ2v) is 6.18. The van der Waals surface area contributed by atoms with Gasteiger partial charge in [-0.3, -0.25) is 9.89 Å². The molecule has 0 spiro atoms. The average Bonchev–Trinajstić information content (AvgIpc) is 3.22. The van der Waals surface area contributed by atoms with E-state index in [0.717, 1.165) is 22.9 Å². The van der Waals surface area contributed by atoms with E-state index < -0.39 is 5.97 Å². The van der Waals surface area contributed by atoms with Crippen LogP contribution in [0.1, 0.15) is 29.5 Å². The van der Waals surface area contributed by atoms with E-state index in [4.69, 9.17) is 9.84 Å². The quantitative estimate of drug-likeness (QED) is 0.673. The Morgan fingerprint density at radius 3 is 3.12 bits per heavy atom. The number of aliphatic carboxylic acids is 1. The van der Waals surface area contributed by atoms with E-state index in [2.05, 4.69) is 15.2 Å². The largest absolute Gasteiger partial charge is 0.482 e. The number of nitrogens with one attached hydrogen (secondary N) is 2. The summed E-state index contributed by atoms with van der Waals surface area (Å²) in [6.45, 7) is 1.86. The van der Waals surface area contributed by atoms with Crippen molar-refractivity contribution in [2.75, 3.05) is 5.75 Å². The average molecular weight is 347 g/mol. The number of ether oxygens (including phenoxy) is 1. The van der Waals surface area contributed by atoms with E-state index in [-0.39, 0.29) is 11.9 Å². The summed E-state index contributed by atoms with van der Waals surface area (Å²) in [4.78, 5) is 25.7. The summed E-state index contributed by atoms with van der Waals surface area (Å²) in [7, 11) is 0. The van der Waals surface area contributed by atoms with Gasteiger partial charge in [-0.15, -0.1) is 5.10 Å². The van der Waals surface area contributed by atoms with Crippen LogP contribution in [0.4, 0.5) is 5.69 Å². The van der Waals surface area contributed by atoms with Crippen LogP contribution < -0.4 is 5.18 Å². The Morgan fingerprint density at radius 1 is 1.54 bits per heavy atom. The van der Waals surface area contributed by atoms with Gasteiger partial charge in [0.25, 0.3) is 5.69 Å². The van der Waals surface area contributed by atoms with Crippen molar-refractivity contribution in [3.8, 4) is 0 Å². The number of rotatable bonds is 6. The van der Waals surface area contributed by atoms with Crippen molar-refractivity contribution in [3.63, 3.8) is 0 Å². The van der Waals surface area contributed by atoms with Crippen molar-refractivity contribution in [2.24, 2.45) is 0 Å². The van der Waals surface area contributed by atoms with Crippen molar-refractivity contribution >= 4 is 29.2 Å². The third-order valence-corrected chi connectivity index (χ3v) is 4.39. The number of carboxylic acid groups (broad SMARTS) is 1. The zero-order valence-corrected chi connectivity index (χ0v) is 13.6. The van der Waals surface area contributed by atoms with E-state index in [9.17, 15) is 9.70 Å². The molecule has 0 aliphatic carbocycles. The highest BCUT2D eigenvalue weighted by atomic mass is 32.2. The highest BCUT2D eigenvalue weighted by Crippen LogP contribution is 2.35. The second kappa shape index (κ2) is 6.83. The Kier molecular flexibility index (Phi) is 4.61. The van der Waals surface area contributed by atoms with Gasteiger partial charge < -0.3 is 9.84 Å². The molecule has 1 unspecified atom stereocenters. The lowest BCUT2D eigenvalue weighted by Crippen LogP contribution is -2.56. The lowest BCUT2D eigenvalue weighted by atomic mass is 10.0. The zero-order chi connectivity index (χ0) is 17.1. The molecule has 0 bridgehead atoms. The lowest BCUT2D eigenvalue weighted by molar-refractivity contribution is -0.380. The van der Waals surface area contributed by atoms with E-state index >= 15 is 0 Å². The van der Waals surface area contributed by atoms with Crippen LogP contribution in [0.2, 0.25) is 0 Å². The molecule has 2 aromatic rings. The number of aryl methyl sites for hydroxylation is 1. The van der Waals surface area contributed by atoms with Gasteiger partial charge in [0.05, 0.1) is 5.75 Å². The molecule has 0 amide bonds. The highest BCUT2D eigenvalue weighted by Gasteiger charge is 2.24. The summed E-state index contributed by atoms with van der Waals surface area (Å²) < 4.78 is 5.88. The molecule has 1 aromatic carbocycles. The van der Waals surface area contributed by atoms with Crippen molar-refractivity contribution in [2.45, 2.75) is 24.6 Å². The number of benzene rings is 1. The molecule has 1 aliphatic heterocycles. The first kappa shape index (κ1) is 16.2. The molecule has 1 aliphatic rings. The van der Waals surface area contributed by atoms with Gasteiger partial charge >= 0.3 is 5.97 Å². The Balaban J connectivity index is 1.69. The van der Waals surface area contributed by atoms with Crippen LogP contribution in [0, 0.1) is 11.8 Å². The number of thioether (sulfide) groups is 1. The maximum absolute atomic E-state index is 10.9. The van der Waals surface area contributed by atoms with Gasteiger partial charge in [-0.2, -0.15) is 4.98 Å². The fraction of sp³-hybridized carbons (Fsp3) is 0.267. The molecule has 2 heterocycles. The number of carboxylic acids is 1. The smallest absolute Gasteiger partial charge is 0.313 e. The molecule has 1 atom stereocenters. The number of carbonyl (C=O) groups is 1. The normalized spacial score (nSPS) is 16.5. The standard InChI is InChI=1S/C15H14N4O4S/c1-8-2-3-9(6-10(8)19-22)11-4-5-12(23-11)14-16-15(18-17-14)24-7-13(20)21/h2-3,5-6,11H,4,7H2,1H3,(H,20,21)(H,16,17,18)/p+1. The minimum Gasteiger partial charge on any atom is -0.482 e. The SMILES string of the molecule is Cc1ccc(C2CC=C(c3nc(SCC(=O)O)n[nH]3)O2)cc1[NH+]=O. The molecule has 0 radical (unpaired) electrons. The van der Waals surface area contributed by atoms with Crippen LogP contribution in [0.25, 0.3) is 5.76 Å². The van der Waals surface area contributed by atoms with Crippen LogP contribution in [0.15, 0.2) is 29.4 Å². The maximum atomic E-state index is 10.9. The lowest BCUT2D eigenvalue weighted by Gasteiger charge is -2.12. The topological polar surface area (TPSA) is 119 Å². The molecule has 9 heteroatoms. The molecule has 0 saturated carbocycles. The van der Waals surface area contributed by atoms with Gasteiger partial charge in [-0.25, -0.2) is 0 Å². The summed E-state index contributed by atoms with van der Waals surface area (Å²) in [5, 5.41) is 17.7. The van der Waals surface area contributed by atoms with E-state index in [1.54, 1.807) is 6.07 Å². The van der Waals surface area contributed by atoms with Crippen LogP contribution in [0.3, 0.4) is 0 Å². The van der Waals surface area contributed by atoms with Gasteiger partial charge in [-0.05, 0) is 18.6 Å². The summed E-state index contributed by atoms with van der Waals surface area (Å²) >= 11 is 1.03. The molecule has 1 aromatic heterocycles. The Bertz CT molecular complexity index is 818. The van der Waals surface area contributed by atoms with Crippen molar-refractivity contribution < 1.29 is 19.8 Å². The molecule has 3 N–H and O–H groups in total. The number of hydrogen-bond acceptors (Lipinski definition) is 6. The second-order valence-electron chi connectivity index (χ2n) is 5.24. The van der Waals surface area contributed by atoms with Crippen LogP contribution in [0.5, 0.6) is 0 Å². The summed E-state index contributed by atoms with van der Waals surface area (Å²) in [5.41, 5.74) is 2.29. The number of aromatic nitrogens is 3. The maximum Gasteiger partial charge on any atom is 0.313 e. The first-order valence-corrected chi connectivity index (χ1v) is 8.18. The molecule has 124 valence electrons. The minimum atomic E-state index is -0.926. The number of nitroso groups, excluding NO2 is 1. The van der Waals surface area contributed by atoms with E-state index in [1.807, 2.05) is 30.3 Å². The number of nitrogens with zero attached hydrogens (tertiary/aromatic N) is 2. The van der Waals surface area contributed by atoms with E-state index in [1.165, 1.54) is 0 Å². The van der Waals surface area contributed by atoms with Crippen molar-refractivity contribution in [3.05, 3.63) is 46.1 Å². The fourth-order valence-electron chi connectivity index (χ4n) is 2.32. The molecular formula is C15H15N4O4S+. The number of aromatic amines is 1. The summed E-state index contributed by atoms with van der Waals surface area (Å²) in [6, 6.07) is 5.57. The van der Waals surface area contributed by atoms with Crippen molar-refractivity contribution in [1.82, 2.24) is 15.2 Å². The fourth-order valence-corrected chi connectivity index (χ4v) is 2.84. The molecule has 0 saturated heterocycles. The molecular weight excluding hydrogens is 332 g/mol. The number of hydrogen-bond donors (Lipinski definition) is 3. The molecule has 8 nitrogen and oxygen atoms in total. The zero-order valence-electron chi connectivity index (χ0n) is 12.8. The Hall–Kier alpha value is -2.68. The van der Waals surface area contributed by atoms with Crippen LogP contribution in [-0.4, -0.2) is 32.0 Å². The third-order valence-electron chi connectivity index (χ3n) is 3.55. The number of H-pyrrole nitrogens is 1. The summed E-state index contributed by atoms with van der Waals surface area (Å²) in [5.74, 6) is -0.00907. The Labute approximate surface area is 141 Å². The predicted molar refractivity (Wildman–Crippen MR) is 86.3 cm³/mol. The molecule has 3 rings (SSSR count). The first-order chi connectivity index (χ1) is 11.6. The van der Waals surface area contributed by atoms with E-state index in [0.29, 0.717) is 28.8 Å². The Morgan fingerprint density at radius 2 is 2.38 bits per heavy atom. The predicted octanol–water partition coefficient (Wildman–Crippen LogP) is 1.27. The monoisotopic (exact) mass is 347 g/mol. The molecule has 0 fully saturated rings. The highest BCUT2D eigenvalue weighted by molar-refractivity contribution is 7.99. The van der Waals surface area contributed by atoms with Crippen LogP contribution >= 0.6 is 11.8 Å².